The van der Waals surface area contributed by atoms with Crippen molar-refractivity contribution >= 4 is 27.2 Å². The molecule has 0 spiro atoms. The zero-order valence-electron chi connectivity index (χ0n) is 10.9. The molecule has 0 aliphatic carbocycles. The summed E-state index contributed by atoms with van der Waals surface area (Å²) in [6, 6.07) is 7.34. The Morgan fingerprint density at radius 2 is 2.25 bits per heavy atom. The van der Waals surface area contributed by atoms with Crippen LogP contribution in [0.3, 0.4) is 0 Å². The Morgan fingerprint density at radius 1 is 1.40 bits per heavy atom. The number of benzene rings is 1. The minimum absolute atomic E-state index is 0.0283. The molecule has 2 aromatic heterocycles. The van der Waals surface area contributed by atoms with E-state index in [1.807, 2.05) is 23.6 Å². The van der Waals surface area contributed by atoms with E-state index in [-0.39, 0.29) is 5.56 Å². The van der Waals surface area contributed by atoms with Gasteiger partial charge in [0.1, 0.15) is 10.4 Å². The van der Waals surface area contributed by atoms with Crippen molar-refractivity contribution in [2.24, 2.45) is 0 Å². The summed E-state index contributed by atoms with van der Waals surface area (Å²) in [4.78, 5) is 16.6. The fraction of sp³-hybridized carbons (Fsp3) is 0.143. The van der Waals surface area contributed by atoms with E-state index >= 15 is 0 Å². The van der Waals surface area contributed by atoms with E-state index in [4.69, 9.17) is 10.5 Å². The van der Waals surface area contributed by atoms with Gasteiger partial charge < -0.3 is 10.5 Å². The number of hydrogen-bond donors (Lipinski definition) is 1. The molecule has 0 amide bonds. The lowest BCUT2D eigenvalue weighted by molar-refractivity contribution is 0.417. The molecular formula is C14H13N3O2S. The minimum atomic E-state index is -0.0283. The van der Waals surface area contributed by atoms with Gasteiger partial charge in [-0.25, -0.2) is 4.98 Å². The molecule has 0 atom stereocenters. The van der Waals surface area contributed by atoms with E-state index in [1.54, 1.807) is 24.1 Å². The van der Waals surface area contributed by atoms with Crippen molar-refractivity contribution in [2.45, 2.75) is 6.54 Å². The first-order valence-electron chi connectivity index (χ1n) is 6.04. The van der Waals surface area contributed by atoms with Gasteiger partial charge in [-0.2, -0.15) is 0 Å². The van der Waals surface area contributed by atoms with Gasteiger partial charge in [0, 0.05) is 0 Å². The Balaban J connectivity index is 1.98. The highest BCUT2D eigenvalue weighted by Crippen LogP contribution is 2.22. The summed E-state index contributed by atoms with van der Waals surface area (Å²) >= 11 is 1.41. The van der Waals surface area contributed by atoms with Crippen LogP contribution in [0.4, 0.5) is 5.69 Å². The fourth-order valence-corrected chi connectivity index (χ4v) is 2.86. The second kappa shape index (κ2) is 4.97. The van der Waals surface area contributed by atoms with Crippen molar-refractivity contribution in [3.63, 3.8) is 0 Å². The Hall–Kier alpha value is -2.34. The number of fused-ring (bicyclic) bond motifs is 1. The normalized spacial score (nSPS) is 10.8. The van der Waals surface area contributed by atoms with Crippen molar-refractivity contribution in [3.05, 3.63) is 51.9 Å². The maximum Gasteiger partial charge on any atom is 0.271 e. The van der Waals surface area contributed by atoms with Crippen molar-refractivity contribution in [1.82, 2.24) is 9.55 Å². The molecule has 1 aromatic carbocycles. The SMILES string of the molecule is COc1ccc(Cn2cnc3ccsc3c2=O)cc1N. The molecule has 0 fully saturated rings. The number of ether oxygens (including phenoxy) is 1. The van der Waals surface area contributed by atoms with Gasteiger partial charge in [-0.05, 0) is 29.1 Å². The zero-order chi connectivity index (χ0) is 14.1. The van der Waals surface area contributed by atoms with E-state index in [0.29, 0.717) is 22.7 Å². The maximum absolute atomic E-state index is 12.3. The number of nitrogens with zero attached hydrogens (tertiary/aromatic N) is 2. The Kier molecular flexibility index (Phi) is 3.15. The lowest BCUT2D eigenvalue weighted by atomic mass is 10.2. The van der Waals surface area contributed by atoms with E-state index in [0.717, 1.165) is 11.1 Å². The number of thiophene rings is 1. The third-order valence-electron chi connectivity index (χ3n) is 3.08. The van der Waals surface area contributed by atoms with E-state index < -0.39 is 0 Å². The number of hydrogen-bond acceptors (Lipinski definition) is 5. The molecule has 0 radical (unpaired) electrons. The van der Waals surface area contributed by atoms with Gasteiger partial charge in [-0.15, -0.1) is 11.3 Å². The number of nitrogens with two attached hydrogens (primary N) is 1. The largest absolute Gasteiger partial charge is 0.495 e. The molecule has 6 heteroatoms. The quantitative estimate of drug-likeness (QED) is 0.749. The predicted molar refractivity (Wildman–Crippen MR) is 80.4 cm³/mol. The molecule has 20 heavy (non-hydrogen) atoms. The smallest absolute Gasteiger partial charge is 0.271 e. The Bertz CT molecular complexity index is 823. The predicted octanol–water partition coefficient (Wildman–Crippen LogP) is 2.10. The van der Waals surface area contributed by atoms with Gasteiger partial charge in [0.2, 0.25) is 0 Å². The number of nitrogen functional groups attached to an aromatic ring is 1. The molecule has 5 nitrogen and oxygen atoms in total. The van der Waals surface area contributed by atoms with Gasteiger partial charge in [-0.3, -0.25) is 9.36 Å². The second-order valence-corrected chi connectivity index (χ2v) is 5.31. The Labute approximate surface area is 119 Å². The third-order valence-corrected chi connectivity index (χ3v) is 3.97. The highest BCUT2D eigenvalue weighted by Gasteiger charge is 2.07. The van der Waals surface area contributed by atoms with Crippen LogP contribution in [0.1, 0.15) is 5.56 Å². The van der Waals surface area contributed by atoms with Crippen LogP contribution in [-0.4, -0.2) is 16.7 Å². The van der Waals surface area contributed by atoms with Crippen LogP contribution in [0.15, 0.2) is 40.8 Å². The summed E-state index contributed by atoms with van der Waals surface area (Å²) in [5.74, 6) is 0.632. The molecule has 0 saturated carbocycles. The average molecular weight is 287 g/mol. The van der Waals surface area contributed by atoms with Gasteiger partial charge in [-0.1, -0.05) is 6.07 Å². The van der Waals surface area contributed by atoms with Gasteiger partial charge in [0.05, 0.1) is 31.2 Å². The molecule has 0 bridgehead atoms. The first kappa shape index (κ1) is 12.7. The van der Waals surface area contributed by atoms with Gasteiger partial charge >= 0.3 is 0 Å². The van der Waals surface area contributed by atoms with Gasteiger partial charge in [0.25, 0.3) is 5.56 Å². The van der Waals surface area contributed by atoms with Crippen LogP contribution in [0.2, 0.25) is 0 Å². The minimum Gasteiger partial charge on any atom is -0.495 e. The van der Waals surface area contributed by atoms with Crippen LogP contribution in [-0.2, 0) is 6.54 Å². The Morgan fingerprint density at radius 3 is 3.00 bits per heavy atom. The number of aromatic nitrogens is 2. The second-order valence-electron chi connectivity index (χ2n) is 4.39. The van der Waals surface area contributed by atoms with Gasteiger partial charge in [0.15, 0.2) is 0 Å². The lowest BCUT2D eigenvalue weighted by Gasteiger charge is -2.08. The van der Waals surface area contributed by atoms with Crippen LogP contribution in [0.5, 0.6) is 5.75 Å². The fourth-order valence-electron chi connectivity index (χ4n) is 2.07. The van der Waals surface area contributed by atoms with Crippen molar-refractivity contribution in [2.75, 3.05) is 12.8 Å². The van der Waals surface area contributed by atoms with Crippen molar-refractivity contribution in [1.29, 1.82) is 0 Å². The molecule has 0 aliphatic heterocycles. The summed E-state index contributed by atoms with van der Waals surface area (Å²) < 4.78 is 7.38. The van der Waals surface area contributed by atoms with Crippen molar-refractivity contribution < 1.29 is 4.74 Å². The molecule has 0 unspecified atom stereocenters. The summed E-state index contributed by atoms with van der Waals surface area (Å²) in [7, 11) is 1.57. The average Bonchev–Trinajstić information content (AvgIpc) is 2.91. The topological polar surface area (TPSA) is 70.1 Å². The molecule has 0 aliphatic rings. The van der Waals surface area contributed by atoms with E-state index in [2.05, 4.69) is 4.98 Å². The standard InChI is InChI=1S/C14H13N3O2S/c1-19-12-3-2-9(6-10(12)15)7-17-8-16-11-4-5-20-13(11)14(17)18/h2-6,8H,7,15H2,1H3. The first-order chi connectivity index (χ1) is 9.69. The third kappa shape index (κ3) is 2.14. The molecule has 102 valence electrons. The maximum atomic E-state index is 12.3. The highest BCUT2D eigenvalue weighted by molar-refractivity contribution is 7.17. The summed E-state index contributed by atoms with van der Waals surface area (Å²) in [6.45, 7) is 0.438. The van der Waals surface area contributed by atoms with Crippen LogP contribution < -0.4 is 16.0 Å². The van der Waals surface area contributed by atoms with Crippen LogP contribution >= 0.6 is 11.3 Å². The molecule has 2 N–H and O–H groups in total. The summed E-state index contributed by atoms with van der Waals surface area (Å²) in [6.07, 6.45) is 1.57. The summed E-state index contributed by atoms with van der Waals surface area (Å²) in [5.41, 5.74) is 8.08. The van der Waals surface area contributed by atoms with E-state index in [1.165, 1.54) is 11.3 Å². The van der Waals surface area contributed by atoms with Crippen LogP contribution in [0.25, 0.3) is 10.2 Å². The molecule has 3 aromatic rings. The number of methoxy groups -OCH3 is 1. The van der Waals surface area contributed by atoms with Crippen molar-refractivity contribution in [3.8, 4) is 5.75 Å². The molecule has 2 heterocycles. The molecular weight excluding hydrogens is 274 g/mol. The zero-order valence-corrected chi connectivity index (χ0v) is 11.7. The molecule has 3 rings (SSSR count). The monoisotopic (exact) mass is 287 g/mol. The lowest BCUT2D eigenvalue weighted by Crippen LogP contribution is -2.20. The first-order valence-corrected chi connectivity index (χ1v) is 6.92. The number of rotatable bonds is 3. The number of anilines is 1. The summed E-state index contributed by atoms with van der Waals surface area (Å²) in [5, 5.41) is 1.87. The van der Waals surface area contributed by atoms with E-state index in [9.17, 15) is 4.79 Å². The van der Waals surface area contributed by atoms with Crippen LogP contribution in [0, 0.1) is 0 Å². The highest BCUT2D eigenvalue weighted by atomic mass is 32.1. The molecule has 0 saturated heterocycles.